The molecule has 0 saturated carbocycles. The van der Waals surface area contributed by atoms with E-state index < -0.39 is 6.04 Å². The third-order valence-corrected chi connectivity index (χ3v) is 7.15. The van der Waals surface area contributed by atoms with Crippen LogP contribution in [0.15, 0.2) is 47.6 Å². The van der Waals surface area contributed by atoms with E-state index in [4.69, 9.17) is 33.1 Å². The van der Waals surface area contributed by atoms with Gasteiger partial charge in [-0.15, -0.1) is 0 Å². The van der Waals surface area contributed by atoms with E-state index >= 15 is 0 Å². The van der Waals surface area contributed by atoms with E-state index in [1.165, 1.54) is 7.11 Å². The number of hydrogen-bond acceptors (Lipinski definition) is 6. The van der Waals surface area contributed by atoms with Crippen LogP contribution in [0.4, 0.5) is 0 Å². The second-order valence-corrected chi connectivity index (χ2v) is 9.40. The summed E-state index contributed by atoms with van der Waals surface area (Å²) in [6.07, 6.45) is 0.344. The summed E-state index contributed by atoms with van der Waals surface area (Å²) in [5.41, 5.74) is 2.93. The molecule has 0 spiro atoms. The first-order chi connectivity index (χ1) is 16.9. The van der Waals surface area contributed by atoms with Crippen molar-refractivity contribution in [2.75, 3.05) is 53.0 Å². The predicted molar refractivity (Wildman–Crippen MR) is 136 cm³/mol. The average Bonchev–Trinajstić information content (AvgIpc) is 3.30. The van der Waals surface area contributed by atoms with Crippen molar-refractivity contribution >= 4 is 40.7 Å². The van der Waals surface area contributed by atoms with Crippen LogP contribution in [0.3, 0.4) is 0 Å². The smallest absolute Gasteiger partial charge is 0.254 e. The lowest BCUT2D eigenvalue weighted by Gasteiger charge is -2.37. The maximum absolute atomic E-state index is 13.5. The number of benzene rings is 2. The van der Waals surface area contributed by atoms with Crippen molar-refractivity contribution in [1.82, 2.24) is 14.7 Å². The van der Waals surface area contributed by atoms with E-state index in [-0.39, 0.29) is 25.0 Å². The number of likely N-dealkylation sites (tertiary alicyclic amines) is 1. The molecule has 2 amide bonds. The Kier molecular flexibility index (Phi) is 8.28. The van der Waals surface area contributed by atoms with Crippen LogP contribution < -0.4 is 0 Å². The van der Waals surface area contributed by atoms with Gasteiger partial charge in [-0.1, -0.05) is 46.6 Å². The first-order valence-electron chi connectivity index (χ1n) is 11.5. The van der Waals surface area contributed by atoms with Crippen LogP contribution in [0.1, 0.15) is 16.8 Å². The van der Waals surface area contributed by atoms with Gasteiger partial charge in [0.2, 0.25) is 5.91 Å². The maximum atomic E-state index is 13.5. The molecule has 0 radical (unpaired) electrons. The van der Waals surface area contributed by atoms with E-state index in [9.17, 15) is 9.59 Å². The number of aliphatic hydroxyl groups excluding tert-OH is 1. The van der Waals surface area contributed by atoms with Gasteiger partial charge in [-0.2, -0.15) is 0 Å². The minimum atomic E-state index is -0.629. The summed E-state index contributed by atoms with van der Waals surface area (Å²) in [6.45, 7) is 3.45. The Balaban J connectivity index is 1.50. The monoisotopic (exact) mass is 518 g/mol. The summed E-state index contributed by atoms with van der Waals surface area (Å²) in [4.78, 5) is 37.3. The lowest BCUT2D eigenvalue weighted by Crippen LogP contribution is -2.54. The van der Waals surface area contributed by atoms with Crippen LogP contribution >= 0.6 is 23.2 Å². The van der Waals surface area contributed by atoms with Gasteiger partial charge >= 0.3 is 0 Å². The molecule has 1 atom stereocenters. The van der Waals surface area contributed by atoms with Gasteiger partial charge in [0.15, 0.2) is 0 Å². The zero-order valence-electron chi connectivity index (χ0n) is 19.5. The fraction of sp³-hybridized carbons (Fsp3) is 0.400. The Hall–Kier alpha value is -2.65. The number of carbonyl (C=O) groups is 2. The molecule has 35 heavy (non-hydrogen) atoms. The van der Waals surface area contributed by atoms with Gasteiger partial charge in [0.1, 0.15) is 13.2 Å². The van der Waals surface area contributed by atoms with Crippen molar-refractivity contribution in [3.63, 3.8) is 0 Å². The average molecular weight is 519 g/mol. The second-order valence-electron chi connectivity index (χ2n) is 8.59. The van der Waals surface area contributed by atoms with Crippen LogP contribution in [-0.2, 0) is 9.63 Å². The Morgan fingerprint density at radius 1 is 1.03 bits per heavy atom. The summed E-state index contributed by atoms with van der Waals surface area (Å²) in [6, 6.07) is 12.0. The minimum Gasteiger partial charge on any atom is -0.399 e. The second kappa shape index (κ2) is 11.4. The molecule has 2 aliphatic heterocycles. The number of amides is 2. The van der Waals surface area contributed by atoms with Gasteiger partial charge in [-0.05, 0) is 35.4 Å². The van der Waals surface area contributed by atoms with Gasteiger partial charge in [-0.25, -0.2) is 0 Å². The van der Waals surface area contributed by atoms with Gasteiger partial charge in [-0.3, -0.25) is 14.5 Å². The number of carbonyl (C=O) groups excluding carboxylic acids is 2. The molecule has 2 heterocycles. The lowest BCUT2D eigenvalue weighted by atomic mass is 10.0. The Labute approximate surface area is 214 Å². The highest BCUT2D eigenvalue weighted by Crippen LogP contribution is 2.29. The summed E-state index contributed by atoms with van der Waals surface area (Å²) in [7, 11) is 1.45. The number of aliphatic hydroxyl groups is 1. The van der Waals surface area contributed by atoms with E-state index in [1.54, 1.807) is 34.1 Å². The molecule has 2 aliphatic rings. The number of piperazine rings is 1. The number of rotatable bonds is 6. The molecule has 0 aromatic heterocycles. The molecule has 2 fully saturated rings. The quantitative estimate of drug-likeness (QED) is 0.594. The number of nitrogens with zero attached hydrogens (tertiary/aromatic N) is 4. The van der Waals surface area contributed by atoms with Crippen molar-refractivity contribution in [2.45, 2.75) is 12.5 Å². The summed E-state index contributed by atoms with van der Waals surface area (Å²) in [5, 5.41) is 14.1. The molecule has 0 bridgehead atoms. The largest absolute Gasteiger partial charge is 0.399 e. The molecule has 4 rings (SSSR count). The van der Waals surface area contributed by atoms with Crippen molar-refractivity contribution < 1.29 is 19.5 Å². The van der Waals surface area contributed by atoms with Gasteiger partial charge in [0.05, 0.1) is 28.9 Å². The third kappa shape index (κ3) is 5.78. The standard InChI is InChI=1S/C25H28Cl2N4O4/c1-35-28-20-15-23(25(34)30-10-8-29(9-11-30)12-13-32)31(16-20)24(33)18-4-2-17(3-5-18)19-6-7-21(26)22(27)14-19/h2-7,14,23,32H,8-13,15-16H2,1H3/t23-/m0/s1. The molecule has 2 aromatic carbocycles. The summed E-state index contributed by atoms with van der Waals surface area (Å²) >= 11 is 12.2. The van der Waals surface area contributed by atoms with Crippen LogP contribution in [0.2, 0.25) is 10.0 Å². The van der Waals surface area contributed by atoms with Crippen molar-refractivity contribution in [1.29, 1.82) is 0 Å². The summed E-state index contributed by atoms with van der Waals surface area (Å²) in [5.74, 6) is -0.319. The van der Waals surface area contributed by atoms with Gasteiger partial charge in [0, 0.05) is 44.7 Å². The van der Waals surface area contributed by atoms with Crippen molar-refractivity contribution in [3.05, 3.63) is 58.1 Å². The number of β-amino-alcohol motifs (C(OH)–C–C–N with tert-alkyl or cyclic N) is 1. The molecule has 10 heteroatoms. The van der Waals surface area contributed by atoms with Crippen LogP contribution in [0.25, 0.3) is 11.1 Å². The van der Waals surface area contributed by atoms with E-state index in [2.05, 4.69) is 10.1 Å². The zero-order valence-corrected chi connectivity index (χ0v) is 21.0. The molecule has 2 saturated heterocycles. The third-order valence-electron chi connectivity index (χ3n) is 6.41. The molecule has 2 aromatic rings. The lowest BCUT2D eigenvalue weighted by molar-refractivity contribution is -0.137. The SMILES string of the molecule is CON=C1C[C@@H](C(=O)N2CCN(CCO)CC2)N(C(=O)c2ccc(-c3ccc(Cl)c(Cl)c3)cc2)C1. The highest BCUT2D eigenvalue weighted by molar-refractivity contribution is 6.42. The van der Waals surface area contributed by atoms with E-state index in [1.807, 2.05) is 18.2 Å². The highest BCUT2D eigenvalue weighted by Gasteiger charge is 2.41. The fourth-order valence-corrected chi connectivity index (χ4v) is 4.82. The first kappa shape index (κ1) is 25.4. The van der Waals surface area contributed by atoms with Gasteiger partial charge in [0.25, 0.3) is 5.91 Å². The Morgan fingerprint density at radius 3 is 2.34 bits per heavy atom. The fourth-order valence-electron chi connectivity index (χ4n) is 4.52. The Bertz CT molecular complexity index is 1100. The molecular weight excluding hydrogens is 491 g/mol. The highest BCUT2D eigenvalue weighted by atomic mass is 35.5. The zero-order chi connectivity index (χ0) is 24.9. The van der Waals surface area contributed by atoms with E-state index in [0.29, 0.717) is 60.5 Å². The molecule has 186 valence electrons. The number of hydrogen-bond donors (Lipinski definition) is 1. The molecule has 0 unspecified atom stereocenters. The van der Waals surface area contributed by atoms with Gasteiger partial charge < -0.3 is 19.7 Å². The Morgan fingerprint density at radius 2 is 1.71 bits per heavy atom. The van der Waals surface area contributed by atoms with Crippen LogP contribution in [0, 0.1) is 0 Å². The van der Waals surface area contributed by atoms with E-state index in [0.717, 1.165) is 11.1 Å². The number of oxime groups is 1. The molecule has 1 N–H and O–H groups in total. The maximum Gasteiger partial charge on any atom is 0.254 e. The number of halogens is 2. The minimum absolute atomic E-state index is 0.0873. The van der Waals surface area contributed by atoms with Crippen LogP contribution in [0.5, 0.6) is 0 Å². The molecular formula is C25H28Cl2N4O4. The van der Waals surface area contributed by atoms with Crippen molar-refractivity contribution in [3.8, 4) is 11.1 Å². The molecule has 0 aliphatic carbocycles. The predicted octanol–water partition coefficient (Wildman–Crippen LogP) is 3.01. The topological polar surface area (TPSA) is 85.7 Å². The van der Waals surface area contributed by atoms with Crippen molar-refractivity contribution in [2.24, 2.45) is 5.16 Å². The first-order valence-corrected chi connectivity index (χ1v) is 12.2. The molecule has 8 nitrogen and oxygen atoms in total. The normalized spacial score (nSPS) is 19.9. The van der Waals surface area contributed by atoms with Crippen LogP contribution in [-0.4, -0.2) is 96.4 Å². The summed E-state index contributed by atoms with van der Waals surface area (Å²) < 4.78 is 0.